The summed E-state index contributed by atoms with van der Waals surface area (Å²) in [4.78, 5) is 1.83. The summed E-state index contributed by atoms with van der Waals surface area (Å²) in [6.45, 7) is 6.15. The first-order valence-electron chi connectivity index (χ1n) is 5.18. The first-order chi connectivity index (χ1) is 7.63. The van der Waals surface area contributed by atoms with Crippen LogP contribution in [0.5, 0.6) is 0 Å². The highest BCUT2D eigenvalue weighted by atomic mass is 19.1. The van der Waals surface area contributed by atoms with Crippen molar-refractivity contribution in [3.05, 3.63) is 47.9 Å². The van der Waals surface area contributed by atoms with Gasteiger partial charge < -0.3 is 10.0 Å². The SMILES string of the molecule is C=C1C=CN(CCO)c2cc(F)c(C)cc21. The smallest absolute Gasteiger partial charge is 0.128 e. The van der Waals surface area contributed by atoms with Gasteiger partial charge in [0.2, 0.25) is 0 Å². The molecule has 2 rings (SSSR count). The van der Waals surface area contributed by atoms with E-state index in [0.717, 1.165) is 16.8 Å². The van der Waals surface area contributed by atoms with Gasteiger partial charge in [0, 0.05) is 18.3 Å². The first kappa shape index (κ1) is 10.9. The Morgan fingerprint density at radius 2 is 2.19 bits per heavy atom. The molecule has 0 amide bonds. The lowest BCUT2D eigenvalue weighted by Crippen LogP contribution is -2.23. The van der Waals surface area contributed by atoms with E-state index in [4.69, 9.17) is 5.11 Å². The molecule has 3 heteroatoms. The molecule has 84 valence electrons. The van der Waals surface area contributed by atoms with Crippen molar-refractivity contribution in [3.63, 3.8) is 0 Å². The number of nitrogens with zero attached hydrogens (tertiary/aromatic N) is 1. The van der Waals surface area contributed by atoms with Gasteiger partial charge in [-0.25, -0.2) is 4.39 Å². The quantitative estimate of drug-likeness (QED) is 0.826. The van der Waals surface area contributed by atoms with E-state index in [9.17, 15) is 4.39 Å². The van der Waals surface area contributed by atoms with Crippen LogP contribution < -0.4 is 4.90 Å². The molecule has 0 fully saturated rings. The molecule has 1 aromatic carbocycles. The second-order valence-electron chi connectivity index (χ2n) is 3.88. The number of benzene rings is 1. The Bertz CT molecular complexity index is 465. The molecule has 1 aliphatic rings. The van der Waals surface area contributed by atoms with E-state index in [1.165, 1.54) is 6.07 Å². The summed E-state index contributed by atoms with van der Waals surface area (Å²) in [5, 5.41) is 8.94. The number of aryl methyl sites for hydroxylation is 1. The third kappa shape index (κ3) is 1.74. The lowest BCUT2D eigenvalue weighted by atomic mass is 9.99. The Morgan fingerprint density at radius 3 is 2.88 bits per heavy atom. The molecular weight excluding hydrogens is 205 g/mol. The van der Waals surface area contributed by atoms with Gasteiger partial charge in [-0.2, -0.15) is 0 Å². The summed E-state index contributed by atoms with van der Waals surface area (Å²) >= 11 is 0. The Morgan fingerprint density at radius 1 is 1.44 bits per heavy atom. The zero-order valence-electron chi connectivity index (χ0n) is 9.20. The number of β-amino-alcohol motifs (C(OH)–C–C–N with tert-alkyl or cyclic N) is 1. The van der Waals surface area contributed by atoms with Crippen LogP contribution in [0.2, 0.25) is 0 Å². The number of aliphatic hydroxyl groups is 1. The van der Waals surface area contributed by atoms with Crippen LogP contribution in [-0.2, 0) is 0 Å². The minimum atomic E-state index is -0.232. The zero-order valence-corrected chi connectivity index (χ0v) is 9.20. The van der Waals surface area contributed by atoms with Gasteiger partial charge in [-0.15, -0.1) is 0 Å². The molecule has 1 N–H and O–H groups in total. The van der Waals surface area contributed by atoms with E-state index < -0.39 is 0 Å². The third-order valence-corrected chi connectivity index (χ3v) is 2.73. The van der Waals surface area contributed by atoms with E-state index >= 15 is 0 Å². The first-order valence-corrected chi connectivity index (χ1v) is 5.18. The maximum absolute atomic E-state index is 13.5. The summed E-state index contributed by atoms with van der Waals surface area (Å²) in [7, 11) is 0. The van der Waals surface area contributed by atoms with Gasteiger partial charge in [0.05, 0.1) is 12.3 Å². The highest BCUT2D eigenvalue weighted by molar-refractivity contribution is 5.85. The normalized spacial score (nSPS) is 14.2. The maximum atomic E-state index is 13.5. The van der Waals surface area contributed by atoms with Crippen molar-refractivity contribution in [2.45, 2.75) is 6.92 Å². The van der Waals surface area contributed by atoms with Crippen LogP contribution >= 0.6 is 0 Å². The van der Waals surface area contributed by atoms with Crippen molar-refractivity contribution >= 4 is 11.3 Å². The fourth-order valence-electron chi connectivity index (χ4n) is 1.82. The molecule has 16 heavy (non-hydrogen) atoms. The molecule has 0 saturated carbocycles. The molecule has 0 aliphatic carbocycles. The van der Waals surface area contributed by atoms with Crippen LogP contribution in [0.25, 0.3) is 5.57 Å². The number of hydrogen-bond acceptors (Lipinski definition) is 2. The number of aliphatic hydroxyl groups excluding tert-OH is 1. The Kier molecular flexibility index (Phi) is 2.79. The minimum absolute atomic E-state index is 0.0335. The van der Waals surface area contributed by atoms with Gasteiger partial charge >= 0.3 is 0 Å². The molecule has 1 aliphatic heterocycles. The molecule has 0 aromatic heterocycles. The summed E-state index contributed by atoms with van der Waals surface area (Å²) in [5.41, 5.74) is 3.17. The van der Waals surface area contributed by atoms with E-state index in [2.05, 4.69) is 6.58 Å². The molecule has 1 aromatic rings. The molecule has 2 nitrogen and oxygen atoms in total. The van der Waals surface area contributed by atoms with Crippen molar-refractivity contribution in [2.75, 3.05) is 18.1 Å². The number of fused-ring (bicyclic) bond motifs is 1. The van der Waals surface area contributed by atoms with Gasteiger partial charge in [-0.1, -0.05) is 6.58 Å². The monoisotopic (exact) mass is 219 g/mol. The van der Waals surface area contributed by atoms with Gasteiger partial charge in [0.15, 0.2) is 0 Å². The molecule has 1 heterocycles. The number of rotatable bonds is 2. The lowest BCUT2D eigenvalue weighted by Gasteiger charge is -2.27. The van der Waals surface area contributed by atoms with Gasteiger partial charge in [0.25, 0.3) is 0 Å². The van der Waals surface area contributed by atoms with Crippen LogP contribution in [0.15, 0.2) is 31.0 Å². The van der Waals surface area contributed by atoms with Gasteiger partial charge in [-0.3, -0.25) is 0 Å². The predicted octanol–water partition coefficient (Wildman–Crippen LogP) is 2.47. The Hall–Kier alpha value is -1.61. The summed E-state index contributed by atoms with van der Waals surface area (Å²) in [6.07, 6.45) is 3.69. The average molecular weight is 219 g/mol. The van der Waals surface area contributed by atoms with Crippen molar-refractivity contribution in [1.29, 1.82) is 0 Å². The van der Waals surface area contributed by atoms with E-state index in [1.54, 1.807) is 13.0 Å². The van der Waals surface area contributed by atoms with E-state index in [-0.39, 0.29) is 12.4 Å². The summed E-state index contributed by atoms with van der Waals surface area (Å²) in [5.74, 6) is -0.232. The molecule has 0 bridgehead atoms. The molecule has 0 spiro atoms. The molecule has 0 unspecified atom stereocenters. The van der Waals surface area contributed by atoms with Gasteiger partial charge in [0.1, 0.15) is 5.82 Å². The minimum Gasteiger partial charge on any atom is -0.395 e. The highest BCUT2D eigenvalue weighted by Crippen LogP contribution is 2.33. The van der Waals surface area contributed by atoms with Gasteiger partial charge in [-0.05, 0) is 36.3 Å². The highest BCUT2D eigenvalue weighted by Gasteiger charge is 2.16. The maximum Gasteiger partial charge on any atom is 0.128 e. The fourth-order valence-corrected chi connectivity index (χ4v) is 1.82. The van der Waals surface area contributed by atoms with Crippen LogP contribution in [0, 0.1) is 12.7 Å². The number of halogens is 1. The van der Waals surface area contributed by atoms with Crippen LogP contribution in [-0.4, -0.2) is 18.3 Å². The predicted molar refractivity (Wildman–Crippen MR) is 63.7 cm³/mol. The topological polar surface area (TPSA) is 23.5 Å². The van der Waals surface area contributed by atoms with Crippen LogP contribution in [0.4, 0.5) is 10.1 Å². The Labute approximate surface area is 94.3 Å². The van der Waals surface area contributed by atoms with Crippen LogP contribution in [0.3, 0.4) is 0 Å². The van der Waals surface area contributed by atoms with Crippen molar-refractivity contribution in [3.8, 4) is 0 Å². The van der Waals surface area contributed by atoms with Crippen LogP contribution in [0.1, 0.15) is 11.1 Å². The standard InChI is InChI=1S/C13H14FNO/c1-9-3-4-15(5-6-16)13-8-12(14)10(2)7-11(9)13/h3-4,7-8,16H,1,5-6H2,2H3. The number of hydrogen-bond donors (Lipinski definition) is 1. The second kappa shape index (κ2) is 4.10. The molecule has 0 atom stereocenters. The fraction of sp³-hybridized carbons (Fsp3) is 0.231. The Balaban J connectivity index is 2.52. The van der Waals surface area contributed by atoms with Crippen molar-refractivity contribution in [1.82, 2.24) is 0 Å². The second-order valence-corrected chi connectivity index (χ2v) is 3.88. The average Bonchev–Trinajstić information content (AvgIpc) is 2.25. The molecular formula is C13H14FNO. The largest absolute Gasteiger partial charge is 0.395 e. The lowest BCUT2D eigenvalue weighted by molar-refractivity contribution is 0.305. The number of allylic oxidation sites excluding steroid dienone is 2. The number of anilines is 1. The third-order valence-electron chi connectivity index (χ3n) is 2.73. The molecule has 0 radical (unpaired) electrons. The summed E-state index contributed by atoms with van der Waals surface area (Å²) < 4.78 is 13.5. The van der Waals surface area contributed by atoms with E-state index in [1.807, 2.05) is 17.2 Å². The van der Waals surface area contributed by atoms with Crippen molar-refractivity contribution in [2.24, 2.45) is 0 Å². The van der Waals surface area contributed by atoms with Crippen molar-refractivity contribution < 1.29 is 9.50 Å². The molecule has 0 saturated heterocycles. The summed E-state index contributed by atoms with van der Waals surface area (Å²) in [6, 6.07) is 3.29. The van der Waals surface area contributed by atoms with E-state index in [0.29, 0.717) is 12.1 Å². The zero-order chi connectivity index (χ0) is 11.7.